The normalized spacial score (nSPS) is 17.1. The fourth-order valence-electron chi connectivity index (χ4n) is 2.40. The second-order valence-electron chi connectivity index (χ2n) is 5.12. The average Bonchev–Trinajstić information content (AvgIpc) is 2.87. The minimum absolute atomic E-state index is 0.0187. The molecule has 0 bridgehead atoms. The quantitative estimate of drug-likeness (QED) is 0.497. The van der Waals surface area contributed by atoms with Gasteiger partial charge >= 0.3 is 12.0 Å². The highest BCUT2D eigenvalue weighted by molar-refractivity contribution is 5.74. The van der Waals surface area contributed by atoms with Crippen molar-refractivity contribution in [3.05, 3.63) is 0 Å². The van der Waals surface area contributed by atoms with Crippen LogP contribution in [0.5, 0.6) is 0 Å². The van der Waals surface area contributed by atoms with Gasteiger partial charge < -0.3 is 20.8 Å². The van der Waals surface area contributed by atoms with Gasteiger partial charge in [-0.2, -0.15) is 0 Å². The Hall–Kier alpha value is -1.30. The van der Waals surface area contributed by atoms with Crippen LogP contribution in [0.3, 0.4) is 0 Å². The molecule has 1 saturated carbocycles. The molecule has 1 aliphatic carbocycles. The van der Waals surface area contributed by atoms with Gasteiger partial charge in [-0.25, -0.2) is 9.59 Å². The summed E-state index contributed by atoms with van der Waals surface area (Å²) in [5, 5.41) is 22.7. The van der Waals surface area contributed by atoms with Gasteiger partial charge in [0, 0.05) is 19.5 Å². The molecule has 2 amide bonds. The fourth-order valence-corrected chi connectivity index (χ4v) is 2.40. The first-order valence-electron chi connectivity index (χ1n) is 7.02. The minimum atomic E-state index is -1.41. The van der Waals surface area contributed by atoms with Crippen molar-refractivity contribution in [1.82, 2.24) is 10.6 Å². The zero-order chi connectivity index (χ0) is 14.1. The Kier molecular flexibility index (Phi) is 7.25. The Morgan fingerprint density at radius 3 is 2.42 bits per heavy atom. The van der Waals surface area contributed by atoms with Gasteiger partial charge in [0.05, 0.1) is 0 Å². The molecule has 0 radical (unpaired) electrons. The van der Waals surface area contributed by atoms with Gasteiger partial charge in [-0.15, -0.1) is 0 Å². The molecule has 0 saturated heterocycles. The number of amides is 2. The van der Waals surface area contributed by atoms with E-state index in [-0.39, 0.29) is 19.0 Å². The van der Waals surface area contributed by atoms with Crippen LogP contribution >= 0.6 is 0 Å². The second-order valence-corrected chi connectivity index (χ2v) is 5.12. The number of carboxylic acid groups (broad SMARTS) is 1. The Morgan fingerprint density at radius 1 is 1.16 bits per heavy atom. The molecule has 0 aromatic carbocycles. The molecule has 1 rings (SSSR count). The van der Waals surface area contributed by atoms with Crippen LogP contribution < -0.4 is 10.6 Å². The van der Waals surface area contributed by atoms with Gasteiger partial charge in [-0.3, -0.25) is 0 Å². The van der Waals surface area contributed by atoms with E-state index < -0.39 is 12.1 Å². The number of rotatable bonds is 8. The smallest absolute Gasteiger partial charge is 0.332 e. The number of carboxylic acids is 1. The SMILES string of the molecule is O=C(NCCCC1CCCC1)NCCC(O)C(=O)O. The molecule has 1 aliphatic rings. The molecule has 110 valence electrons. The molecule has 1 unspecified atom stereocenters. The fraction of sp³-hybridized carbons (Fsp3) is 0.846. The van der Waals surface area contributed by atoms with Crippen molar-refractivity contribution in [3.8, 4) is 0 Å². The van der Waals surface area contributed by atoms with Gasteiger partial charge in [0.1, 0.15) is 0 Å². The van der Waals surface area contributed by atoms with Crippen molar-refractivity contribution in [1.29, 1.82) is 0 Å². The van der Waals surface area contributed by atoms with Crippen molar-refractivity contribution in [2.24, 2.45) is 5.92 Å². The summed E-state index contributed by atoms with van der Waals surface area (Å²) >= 11 is 0. The number of nitrogens with one attached hydrogen (secondary N) is 2. The van der Waals surface area contributed by atoms with Gasteiger partial charge in [0.2, 0.25) is 0 Å². The summed E-state index contributed by atoms with van der Waals surface area (Å²) in [6, 6.07) is -0.302. The van der Waals surface area contributed by atoms with E-state index in [0.29, 0.717) is 6.54 Å². The van der Waals surface area contributed by atoms with Crippen molar-refractivity contribution < 1.29 is 19.8 Å². The van der Waals surface area contributed by atoms with Crippen LogP contribution in [0.1, 0.15) is 44.9 Å². The molecule has 1 fully saturated rings. The molecule has 1 atom stereocenters. The maximum atomic E-state index is 11.3. The highest BCUT2D eigenvalue weighted by atomic mass is 16.4. The summed E-state index contributed by atoms with van der Waals surface area (Å²) in [4.78, 5) is 21.7. The van der Waals surface area contributed by atoms with Crippen LogP contribution in [0.2, 0.25) is 0 Å². The highest BCUT2D eigenvalue weighted by Gasteiger charge is 2.14. The molecule has 6 nitrogen and oxygen atoms in total. The van der Waals surface area contributed by atoms with E-state index in [1.165, 1.54) is 25.7 Å². The zero-order valence-corrected chi connectivity index (χ0v) is 11.2. The number of hydrogen-bond donors (Lipinski definition) is 4. The predicted molar refractivity (Wildman–Crippen MR) is 70.9 cm³/mol. The van der Waals surface area contributed by atoms with Crippen LogP contribution in [0.25, 0.3) is 0 Å². The summed E-state index contributed by atoms with van der Waals surface area (Å²) < 4.78 is 0. The lowest BCUT2D eigenvalue weighted by atomic mass is 10.0. The number of aliphatic hydroxyl groups is 1. The van der Waals surface area contributed by atoms with Crippen LogP contribution in [0.4, 0.5) is 4.79 Å². The van der Waals surface area contributed by atoms with Crippen LogP contribution in [-0.2, 0) is 4.79 Å². The molecular weight excluding hydrogens is 248 g/mol. The Balaban J connectivity index is 1.94. The third-order valence-corrected chi connectivity index (χ3v) is 3.54. The van der Waals surface area contributed by atoms with Gasteiger partial charge in [0.25, 0.3) is 0 Å². The number of urea groups is 1. The molecule has 19 heavy (non-hydrogen) atoms. The van der Waals surface area contributed by atoms with Crippen molar-refractivity contribution in [2.45, 2.75) is 51.0 Å². The highest BCUT2D eigenvalue weighted by Crippen LogP contribution is 2.28. The third kappa shape index (κ3) is 7.00. The van der Waals surface area contributed by atoms with Crippen LogP contribution in [0.15, 0.2) is 0 Å². The van der Waals surface area contributed by atoms with E-state index in [2.05, 4.69) is 10.6 Å². The summed E-state index contributed by atoms with van der Waals surface area (Å²) in [6.07, 6.45) is 6.06. The van der Waals surface area contributed by atoms with Crippen molar-refractivity contribution >= 4 is 12.0 Å². The lowest BCUT2D eigenvalue weighted by Crippen LogP contribution is -2.38. The number of carbonyl (C=O) groups is 2. The molecule has 6 heteroatoms. The molecule has 0 aliphatic heterocycles. The van der Waals surface area contributed by atoms with E-state index in [4.69, 9.17) is 10.2 Å². The number of hydrogen-bond acceptors (Lipinski definition) is 3. The molecule has 0 aromatic heterocycles. The van der Waals surface area contributed by atoms with Crippen molar-refractivity contribution in [2.75, 3.05) is 13.1 Å². The topological polar surface area (TPSA) is 98.7 Å². The molecule has 0 spiro atoms. The maximum absolute atomic E-state index is 11.3. The molecule has 0 aromatic rings. The van der Waals surface area contributed by atoms with Crippen LogP contribution in [-0.4, -0.2) is 41.4 Å². The van der Waals surface area contributed by atoms with E-state index in [1.807, 2.05) is 0 Å². The van der Waals surface area contributed by atoms with E-state index in [9.17, 15) is 9.59 Å². The third-order valence-electron chi connectivity index (χ3n) is 3.54. The summed E-state index contributed by atoms with van der Waals surface area (Å²) in [5.41, 5.74) is 0. The number of aliphatic hydroxyl groups excluding tert-OH is 1. The summed E-state index contributed by atoms with van der Waals surface area (Å²) in [6.45, 7) is 0.797. The van der Waals surface area contributed by atoms with Crippen molar-refractivity contribution in [3.63, 3.8) is 0 Å². The Labute approximate surface area is 113 Å². The first-order valence-corrected chi connectivity index (χ1v) is 7.02. The monoisotopic (exact) mass is 272 g/mol. The lowest BCUT2D eigenvalue weighted by molar-refractivity contribution is -0.146. The first kappa shape index (κ1) is 15.8. The first-order chi connectivity index (χ1) is 9.09. The van der Waals surface area contributed by atoms with Gasteiger partial charge in [-0.1, -0.05) is 25.7 Å². The minimum Gasteiger partial charge on any atom is -0.479 e. The average molecular weight is 272 g/mol. The molecular formula is C13H24N2O4. The van der Waals surface area contributed by atoms with E-state index >= 15 is 0 Å². The predicted octanol–water partition coefficient (Wildman–Crippen LogP) is 1.09. The summed E-state index contributed by atoms with van der Waals surface area (Å²) in [7, 11) is 0. The Bertz CT molecular complexity index is 290. The largest absolute Gasteiger partial charge is 0.479 e. The lowest BCUT2D eigenvalue weighted by Gasteiger charge is -2.10. The Morgan fingerprint density at radius 2 is 1.79 bits per heavy atom. The zero-order valence-electron chi connectivity index (χ0n) is 11.2. The maximum Gasteiger partial charge on any atom is 0.332 e. The molecule has 4 N–H and O–H groups in total. The van der Waals surface area contributed by atoms with E-state index in [0.717, 1.165) is 18.8 Å². The second kappa shape index (κ2) is 8.74. The van der Waals surface area contributed by atoms with E-state index in [1.54, 1.807) is 0 Å². The number of aliphatic carboxylic acids is 1. The molecule has 0 heterocycles. The summed E-state index contributed by atoms with van der Waals surface area (Å²) in [5.74, 6) is -0.436. The van der Waals surface area contributed by atoms with Gasteiger partial charge in [0.15, 0.2) is 6.10 Å². The standard InChI is InChI=1S/C13H24N2O4/c16-11(12(17)18)7-9-15-13(19)14-8-3-6-10-4-1-2-5-10/h10-11,16H,1-9H2,(H,17,18)(H2,14,15,19). The van der Waals surface area contributed by atoms with Gasteiger partial charge in [-0.05, 0) is 18.8 Å². The number of carbonyl (C=O) groups excluding carboxylic acids is 1. The van der Waals surface area contributed by atoms with Crippen LogP contribution in [0, 0.1) is 5.92 Å².